The fourth-order valence-corrected chi connectivity index (χ4v) is 3.78. The molecule has 0 spiro atoms. The van der Waals surface area contributed by atoms with Crippen molar-refractivity contribution in [2.45, 2.75) is 31.7 Å². The molecule has 0 bridgehead atoms. The van der Waals surface area contributed by atoms with Crippen molar-refractivity contribution in [3.8, 4) is 0 Å². The molecule has 3 aromatic rings. The average molecular weight is 468 g/mol. The third-order valence-corrected chi connectivity index (χ3v) is 5.41. The van der Waals surface area contributed by atoms with E-state index in [1.165, 1.54) is 29.3 Å². The topological polar surface area (TPSA) is 58.1 Å². The molecule has 2 heterocycles. The second kappa shape index (κ2) is 8.20. The predicted octanol–water partition coefficient (Wildman–Crippen LogP) is 5.30. The number of halogens is 6. The van der Waals surface area contributed by atoms with Gasteiger partial charge in [0.05, 0.1) is 33.9 Å². The van der Waals surface area contributed by atoms with Gasteiger partial charge in [-0.15, -0.1) is 0 Å². The molecule has 11 heteroatoms. The number of aromatic nitrogens is 2. The van der Waals surface area contributed by atoms with E-state index in [-0.39, 0.29) is 30.2 Å². The van der Waals surface area contributed by atoms with Gasteiger partial charge in [-0.25, -0.2) is 4.98 Å². The molecule has 2 aromatic carbocycles. The molecule has 1 aliphatic heterocycles. The second-order valence-electron chi connectivity index (χ2n) is 7.88. The fourth-order valence-electron chi connectivity index (χ4n) is 3.78. The molecule has 1 saturated heterocycles. The summed E-state index contributed by atoms with van der Waals surface area (Å²) < 4.78 is 78.6. The van der Waals surface area contributed by atoms with Gasteiger partial charge in [0.2, 0.25) is 0 Å². The summed E-state index contributed by atoms with van der Waals surface area (Å²) in [4.78, 5) is 22.4. The van der Waals surface area contributed by atoms with E-state index < -0.39 is 35.0 Å². The van der Waals surface area contributed by atoms with Gasteiger partial charge in [-0.3, -0.25) is 9.78 Å². The van der Waals surface area contributed by atoms with Gasteiger partial charge in [-0.05, 0) is 43.7 Å². The number of anilines is 1. The molecule has 33 heavy (non-hydrogen) atoms. The van der Waals surface area contributed by atoms with Crippen molar-refractivity contribution in [1.82, 2.24) is 14.9 Å². The van der Waals surface area contributed by atoms with Crippen LogP contribution in [0.5, 0.6) is 0 Å². The molecule has 0 saturated carbocycles. The molecule has 1 atom stereocenters. The van der Waals surface area contributed by atoms with Crippen molar-refractivity contribution in [2.24, 2.45) is 0 Å². The highest BCUT2D eigenvalue weighted by atomic mass is 19.4. The van der Waals surface area contributed by atoms with Crippen LogP contribution < -0.4 is 5.32 Å². The number of likely N-dealkylation sites (tertiary alicyclic amines) is 1. The zero-order valence-corrected chi connectivity index (χ0v) is 17.3. The molecule has 1 N–H and O–H groups in total. The first-order chi connectivity index (χ1) is 15.4. The monoisotopic (exact) mass is 468 g/mol. The summed E-state index contributed by atoms with van der Waals surface area (Å²) in [6.45, 7) is 2.01. The Bertz CT molecular complexity index is 1210. The summed E-state index contributed by atoms with van der Waals surface area (Å²) in [5.74, 6) is -0.410. The number of fused-ring (bicyclic) bond motifs is 1. The molecule has 1 fully saturated rings. The Morgan fingerprint density at radius 1 is 1.03 bits per heavy atom. The Hall–Kier alpha value is -3.37. The minimum Gasteiger partial charge on any atom is -0.364 e. The number of nitrogens with zero attached hydrogens (tertiary/aromatic N) is 3. The Kier molecular flexibility index (Phi) is 5.67. The fraction of sp³-hybridized carbons (Fsp3) is 0.318. The minimum absolute atomic E-state index is 0.0812. The van der Waals surface area contributed by atoms with Gasteiger partial charge in [0.25, 0.3) is 5.91 Å². The Labute approximate surface area is 184 Å². The lowest BCUT2D eigenvalue weighted by molar-refractivity contribution is -0.138. The Morgan fingerprint density at radius 2 is 1.79 bits per heavy atom. The molecule has 174 valence electrons. The third kappa shape index (κ3) is 4.86. The quantitative estimate of drug-likeness (QED) is 0.530. The number of hydrogen-bond donors (Lipinski definition) is 1. The van der Waals surface area contributed by atoms with Crippen LogP contribution in [0.4, 0.5) is 32.2 Å². The van der Waals surface area contributed by atoms with Gasteiger partial charge in [0.1, 0.15) is 5.82 Å². The van der Waals surface area contributed by atoms with Gasteiger partial charge in [-0.1, -0.05) is 11.6 Å². The Morgan fingerprint density at radius 3 is 2.48 bits per heavy atom. The van der Waals surface area contributed by atoms with E-state index in [4.69, 9.17) is 0 Å². The maximum absolute atomic E-state index is 13.3. The minimum atomic E-state index is -4.65. The predicted molar refractivity (Wildman–Crippen MR) is 109 cm³/mol. The highest BCUT2D eigenvalue weighted by Gasteiger charge is 2.37. The van der Waals surface area contributed by atoms with Crippen LogP contribution >= 0.6 is 0 Å². The van der Waals surface area contributed by atoms with E-state index in [1.54, 1.807) is 6.92 Å². The molecule has 5 nitrogen and oxygen atoms in total. The van der Waals surface area contributed by atoms with Gasteiger partial charge in [0, 0.05) is 19.1 Å². The molecular formula is C22H18F6N4O. The van der Waals surface area contributed by atoms with Gasteiger partial charge in [0.15, 0.2) is 0 Å². The second-order valence-corrected chi connectivity index (χ2v) is 7.88. The number of nitrogens with one attached hydrogen (secondary N) is 1. The first kappa shape index (κ1) is 22.8. The number of aryl methyl sites for hydroxylation is 1. The number of amides is 1. The SMILES string of the molecule is Cc1ccc(C(F)(F)F)c(C(=O)N2CCC(Nc3cnc4cc(C(F)(F)F)ccc4n3)C2)c1. The highest BCUT2D eigenvalue weighted by molar-refractivity contribution is 5.96. The molecular weight excluding hydrogens is 450 g/mol. The maximum Gasteiger partial charge on any atom is 0.417 e. The highest BCUT2D eigenvalue weighted by Crippen LogP contribution is 2.34. The van der Waals surface area contributed by atoms with Crippen molar-refractivity contribution in [2.75, 3.05) is 18.4 Å². The molecule has 1 aromatic heterocycles. The smallest absolute Gasteiger partial charge is 0.364 e. The normalized spacial score (nSPS) is 16.9. The molecule has 1 amide bonds. The number of alkyl halides is 6. The average Bonchev–Trinajstić information content (AvgIpc) is 3.19. The Balaban J connectivity index is 1.48. The number of carbonyl (C=O) groups excluding carboxylic acids is 1. The van der Waals surface area contributed by atoms with Crippen LogP contribution in [-0.4, -0.2) is 39.9 Å². The van der Waals surface area contributed by atoms with Crippen LogP contribution in [0.3, 0.4) is 0 Å². The zero-order chi connectivity index (χ0) is 24.0. The molecule has 4 rings (SSSR count). The van der Waals surface area contributed by atoms with E-state index >= 15 is 0 Å². The van der Waals surface area contributed by atoms with Crippen LogP contribution in [0.1, 0.15) is 33.5 Å². The van der Waals surface area contributed by atoms with Crippen LogP contribution in [0.2, 0.25) is 0 Å². The van der Waals surface area contributed by atoms with E-state index in [0.29, 0.717) is 17.8 Å². The van der Waals surface area contributed by atoms with Gasteiger partial charge >= 0.3 is 12.4 Å². The maximum atomic E-state index is 13.3. The first-order valence-corrected chi connectivity index (χ1v) is 9.99. The number of benzene rings is 2. The summed E-state index contributed by atoms with van der Waals surface area (Å²) in [5.41, 5.74) is -1.32. The van der Waals surface area contributed by atoms with Crippen molar-refractivity contribution in [3.05, 3.63) is 64.8 Å². The van der Waals surface area contributed by atoms with Crippen molar-refractivity contribution >= 4 is 22.8 Å². The van der Waals surface area contributed by atoms with E-state index in [9.17, 15) is 31.1 Å². The summed E-state index contributed by atoms with van der Waals surface area (Å²) >= 11 is 0. The van der Waals surface area contributed by atoms with Gasteiger partial charge in [-0.2, -0.15) is 26.3 Å². The van der Waals surface area contributed by atoms with E-state index in [1.807, 2.05) is 0 Å². The molecule has 1 unspecified atom stereocenters. The largest absolute Gasteiger partial charge is 0.417 e. The van der Waals surface area contributed by atoms with Crippen LogP contribution in [0.25, 0.3) is 11.0 Å². The van der Waals surface area contributed by atoms with Crippen molar-refractivity contribution in [3.63, 3.8) is 0 Å². The number of hydrogen-bond acceptors (Lipinski definition) is 4. The third-order valence-electron chi connectivity index (χ3n) is 5.41. The van der Waals surface area contributed by atoms with E-state index in [2.05, 4.69) is 15.3 Å². The summed E-state index contributed by atoms with van der Waals surface area (Å²) in [7, 11) is 0. The molecule has 0 radical (unpaired) electrons. The lowest BCUT2D eigenvalue weighted by Crippen LogP contribution is -2.33. The number of carbonyl (C=O) groups is 1. The van der Waals surface area contributed by atoms with Crippen molar-refractivity contribution < 1.29 is 31.1 Å². The number of rotatable bonds is 3. The van der Waals surface area contributed by atoms with E-state index in [0.717, 1.165) is 18.2 Å². The van der Waals surface area contributed by atoms with Crippen LogP contribution in [0, 0.1) is 6.92 Å². The summed E-state index contributed by atoms with van der Waals surface area (Å²) in [6.07, 6.45) is -7.39. The lowest BCUT2D eigenvalue weighted by atomic mass is 10.0. The lowest BCUT2D eigenvalue weighted by Gasteiger charge is -2.20. The zero-order valence-electron chi connectivity index (χ0n) is 17.3. The first-order valence-electron chi connectivity index (χ1n) is 9.99. The van der Waals surface area contributed by atoms with Crippen LogP contribution in [-0.2, 0) is 12.4 Å². The molecule has 0 aliphatic carbocycles. The summed E-state index contributed by atoms with van der Waals surface area (Å²) in [6, 6.07) is 6.19. The van der Waals surface area contributed by atoms with Gasteiger partial charge < -0.3 is 10.2 Å². The van der Waals surface area contributed by atoms with Crippen LogP contribution in [0.15, 0.2) is 42.6 Å². The summed E-state index contributed by atoms with van der Waals surface area (Å²) in [5, 5.41) is 3.06. The van der Waals surface area contributed by atoms with Crippen molar-refractivity contribution in [1.29, 1.82) is 0 Å². The standard InChI is InChI=1S/C22H18F6N4O/c1-12-2-4-16(22(26,27)28)15(8-12)20(33)32-7-6-14(11-32)30-19-10-29-18-9-13(21(23,24)25)3-5-17(18)31-19/h2-5,8-10,14H,6-7,11H2,1H3,(H,30,31). The molecule has 1 aliphatic rings.